The number of carboxylic acid groups (broad SMARTS) is 1. The van der Waals surface area contributed by atoms with Crippen LogP contribution in [0.5, 0.6) is 0 Å². The van der Waals surface area contributed by atoms with Gasteiger partial charge in [0.2, 0.25) is 0 Å². The van der Waals surface area contributed by atoms with E-state index >= 15 is 0 Å². The van der Waals surface area contributed by atoms with Gasteiger partial charge in [0.15, 0.2) is 5.65 Å². The molecular formula is C19H26N4O5. The lowest BCUT2D eigenvalue weighted by Crippen LogP contribution is -2.33. The second kappa shape index (κ2) is 9.29. The number of H-pyrrole nitrogens is 1. The molecule has 0 fully saturated rings. The van der Waals surface area contributed by atoms with Gasteiger partial charge in [-0.2, -0.15) is 0 Å². The number of aryl methyl sites for hydroxylation is 1. The molecule has 0 saturated heterocycles. The Morgan fingerprint density at radius 1 is 1.25 bits per heavy atom. The highest BCUT2D eigenvalue weighted by Crippen LogP contribution is 2.19. The first-order chi connectivity index (χ1) is 13.3. The molecule has 0 aromatic carbocycles. The Bertz CT molecular complexity index is 990. The van der Waals surface area contributed by atoms with Gasteiger partial charge in [0, 0.05) is 25.2 Å². The molecule has 0 bridgehead atoms. The SMILES string of the molecule is CCn1c(=O)[nH]c(=O)c2c(C(=O)NCCCCCC(=O)O)cc(C(C)C)nc21. The van der Waals surface area contributed by atoms with E-state index in [0.29, 0.717) is 38.0 Å². The largest absolute Gasteiger partial charge is 0.481 e. The number of aliphatic carboxylic acids is 1. The van der Waals surface area contributed by atoms with Crippen LogP contribution >= 0.6 is 0 Å². The number of carboxylic acids is 1. The van der Waals surface area contributed by atoms with Gasteiger partial charge in [-0.3, -0.25) is 23.9 Å². The number of aromatic amines is 1. The van der Waals surface area contributed by atoms with E-state index in [2.05, 4.69) is 15.3 Å². The fourth-order valence-electron chi connectivity index (χ4n) is 2.94. The minimum atomic E-state index is -0.838. The quantitative estimate of drug-likeness (QED) is 0.557. The van der Waals surface area contributed by atoms with Crippen molar-refractivity contribution < 1.29 is 14.7 Å². The van der Waals surface area contributed by atoms with Crippen LogP contribution in [0.4, 0.5) is 0 Å². The molecule has 28 heavy (non-hydrogen) atoms. The van der Waals surface area contributed by atoms with Crippen molar-refractivity contribution in [2.75, 3.05) is 6.54 Å². The molecule has 2 rings (SSSR count). The zero-order valence-electron chi connectivity index (χ0n) is 16.4. The minimum absolute atomic E-state index is 0.00617. The number of unbranched alkanes of at least 4 members (excludes halogenated alkanes) is 2. The molecule has 0 aliphatic heterocycles. The maximum atomic E-state index is 12.7. The van der Waals surface area contributed by atoms with Crippen molar-refractivity contribution in [2.24, 2.45) is 0 Å². The second-order valence-electron chi connectivity index (χ2n) is 6.91. The predicted octanol–water partition coefficient (Wildman–Crippen LogP) is 1.60. The molecule has 2 aromatic rings. The van der Waals surface area contributed by atoms with Crippen molar-refractivity contribution in [1.82, 2.24) is 19.9 Å². The number of nitrogens with one attached hydrogen (secondary N) is 2. The fourth-order valence-corrected chi connectivity index (χ4v) is 2.94. The number of nitrogens with zero attached hydrogens (tertiary/aromatic N) is 2. The Balaban J connectivity index is 2.34. The van der Waals surface area contributed by atoms with Gasteiger partial charge < -0.3 is 10.4 Å². The molecule has 0 aliphatic carbocycles. The zero-order chi connectivity index (χ0) is 20.8. The van der Waals surface area contributed by atoms with E-state index in [1.54, 1.807) is 13.0 Å². The summed E-state index contributed by atoms with van der Waals surface area (Å²) < 4.78 is 1.34. The van der Waals surface area contributed by atoms with E-state index in [0.717, 1.165) is 0 Å². The number of carbonyl (C=O) groups excluding carboxylic acids is 1. The van der Waals surface area contributed by atoms with Crippen LogP contribution in [-0.4, -0.2) is 38.1 Å². The normalized spacial score (nSPS) is 11.1. The fraction of sp³-hybridized carbons (Fsp3) is 0.526. The zero-order valence-corrected chi connectivity index (χ0v) is 16.4. The van der Waals surface area contributed by atoms with E-state index in [9.17, 15) is 19.2 Å². The number of carbonyl (C=O) groups is 2. The molecule has 0 spiro atoms. The lowest BCUT2D eigenvalue weighted by atomic mass is 10.0. The molecule has 0 saturated carbocycles. The molecule has 9 heteroatoms. The Morgan fingerprint density at radius 3 is 2.57 bits per heavy atom. The molecule has 2 aromatic heterocycles. The number of hydrogen-bond acceptors (Lipinski definition) is 5. The minimum Gasteiger partial charge on any atom is -0.481 e. The standard InChI is InChI=1S/C19H26N4O5/c1-4-23-16-15(18(27)22-19(23)28)12(10-13(21-16)11(2)3)17(26)20-9-7-5-6-8-14(24)25/h10-11H,4-9H2,1-3H3,(H,20,26)(H,24,25)(H,22,27,28). The van der Waals surface area contributed by atoms with Gasteiger partial charge in [-0.15, -0.1) is 0 Å². The highest BCUT2D eigenvalue weighted by molar-refractivity contribution is 6.05. The number of rotatable bonds is 9. The van der Waals surface area contributed by atoms with Gasteiger partial charge in [-0.25, -0.2) is 9.78 Å². The summed E-state index contributed by atoms with van der Waals surface area (Å²) >= 11 is 0. The lowest BCUT2D eigenvalue weighted by molar-refractivity contribution is -0.137. The summed E-state index contributed by atoms with van der Waals surface area (Å²) in [6.45, 7) is 6.27. The lowest BCUT2D eigenvalue weighted by Gasteiger charge is -2.14. The highest BCUT2D eigenvalue weighted by Gasteiger charge is 2.19. The second-order valence-corrected chi connectivity index (χ2v) is 6.91. The Morgan fingerprint density at radius 2 is 1.96 bits per heavy atom. The molecule has 1 amide bonds. The van der Waals surface area contributed by atoms with Crippen molar-refractivity contribution in [3.8, 4) is 0 Å². The van der Waals surface area contributed by atoms with Crippen LogP contribution < -0.4 is 16.6 Å². The average molecular weight is 390 g/mol. The van der Waals surface area contributed by atoms with Crippen LogP contribution in [0.1, 0.15) is 68.4 Å². The van der Waals surface area contributed by atoms with Crippen LogP contribution in [0.25, 0.3) is 11.0 Å². The van der Waals surface area contributed by atoms with Gasteiger partial charge in [0.05, 0.1) is 10.9 Å². The average Bonchev–Trinajstić information content (AvgIpc) is 2.63. The molecule has 0 radical (unpaired) electrons. The van der Waals surface area contributed by atoms with Crippen LogP contribution in [-0.2, 0) is 11.3 Å². The summed E-state index contributed by atoms with van der Waals surface area (Å²) in [6.07, 6.45) is 1.96. The maximum Gasteiger partial charge on any atom is 0.329 e. The van der Waals surface area contributed by atoms with Gasteiger partial charge >= 0.3 is 11.7 Å². The number of amides is 1. The molecule has 0 unspecified atom stereocenters. The Hall–Kier alpha value is -2.97. The molecule has 2 heterocycles. The van der Waals surface area contributed by atoms with Gasteiger partial charge in [-0.1, -0.05) is 20.3 Å². The van der Waals surface area contributed by atoms with Crippen LogP contribution in [0.3, 0.4) is 0 Å². The molecule has 0 atom stereocenters. The first kappa shape index (κ1) is 21.3. The van der Waals surface area contributed by atoms with E-state index < -0.39 is 23.1 Å². The van der Waals surface area contributed by atoms with E-state index in [4.69, 9.17) is 5.11 Å². The number of fused-ring (bicyclic) bond motifs is 1. The van der Waals surface area contributed by atoms with Crippen molar-refractivity contribution in [3.05, 3.63) is 38.2 Å². The van der Waals surface area contributed by atoms with E-state index in [-0.39, 0.29) is 28.9 Å². The first-order valence-electron chi connectivity index (χ1n) is 9.44. The monoisotopic (exact) mass is 390 g/mol. The smallest absolute Gasteiger partial charge is 0.329 e. The Labute approximate surface area is 161 Å². The third kappa shape index (κ3) is 4.85. The number of aromatic nitrogens is 3. The van der Waals surface area contributed by atoms with Crippen molar-refractivity contribution >= 4 is 22.9 Å². The molecule has 152 valence electrons. The topological polar surface area (TPSA) is 134 Å². The van der Waals surface area contributed by atoms with Crippen LogP contribution in [0, 0.1) is 0 Å². The van der Waals surface area contributed by atoms with Gasteiger partial charge in [0.1, 0.15) is 0 Å². The predicted molar refractivity (Wildman–Crippen MR) is 105 cm³/mol. The molecule has 9 nitrogen and oxygen atoms in total. The van der Waals surface area contributed by atoms with Gasteiger partial charge in [0.25, 0.3) is 11.5 Å². The molecular weight excluding hydrogens is 364 g/mol. The van der Waals surface area contributed by atoms with Crippen LogP contribution in [0.2, 0.25) is 0 Å². The summed E-state index contributed by atoms with van der Waals surface area (Å²) in [5.41, 5.74) is -0.194. The summed E-state index contributed by atoms with van der Waals surface area (Å²) in [5, 5.41) is 11.5. The summed E-state index contributed by atoms with van der Waals surface area (Å²) in [4.78, 5) is 54.5. The van der Waals surface area contributed by atoms with E-state index in [1.807, 2.05) is 13.8 Å². The van der Waals surface area contributed by atoms with Crippen molar-refractivity contribution in [3.63, 3.8) is 0 Å². The third-order valence-corrected chi connectivity index (χ3v) is 4.47. The summed E-state index contributed by atoms with van der Waals surface area (Å²) in [6, 6.07) is 1.59. The van der Waals surface area contributed by atoms with Crippen LogP contribution in [0.15, 0.2) is 15.7 Å². The number of pyridine rings is 1. The molecule has 3 N–H and O–H groups in total. The van der Waals surface area contributed by atoms with Crippen molar-refractivity contribution in [2.45, 2.75) is 58.9 Å². The molecule has 0 aliphatic rings. The summed E-state index contributed by atoms with van der Waals surface area (Å²) in [5.74, 6) is -1.25. The highest BCUT2D eigenvalue weighted by atomic mass is 16.4. The van der Waals surface area contributed by atoms with E-state index in [1.165, 1.54) is 4.57 Å². The first-order valence-corrected chi connectivity index (χ1v) is 9.44. The van der Waals surface area contributed by atoms with Gasteiger partial charge in [-0.05, 0) is 31.7 Å². The van der Waals surface area contributed by atoms with Crippen molar-refractivity contribution in [1.29, 1.82) is 0 Å². The number of hydrogen-bond donors (Lipinski definition) is 3. The third-order valence-electron chi connectivity index (χ3n) is 4.47. The summed E-state index contributed by atoms with van der Waals surface area (Å²) in [7, 11) is 0. The Kier molecular flexibility index (Phi) is 7.08. The maximum absolute atomic E-state index is 12.7.